The third kappa shape index (κ3) is 4.85. The maximum absolute atomic E-state index is 12.6. The summed E-state index contributed by atoms with van der Waals surface area (Å²) in [6, 6.07) is 7.17. The zero-order valence-corrected chi connectivity index (χ0v) is 16.9. The SMILES string of the molecule is CC(C)(C)OC(=O)N1CCN(C(=O)C[C@@H]2NC(=O)N(c3ccccc3)C2=O)CC1. The van der Waals surface area contributed by atoms with Gasteiger partial charge in [0.05, 0.1) is 12.1 Å². The van der Waals surface area contributed by atoms with Crippen molar-refractivity contribution in [1.82, 2.24) is 15.1 Å². The highest BCUT2D eigenvalue weighted by Gasteiger charge is 2.41. The van der Waals surface area contributed by atoms with Crippen LogP contribution in [-0.4, -0.2) is 71.6 Å². The van der Waals surface area contributed by atoms with Crippen molar-refractivity contribution in [1.29, 1.82) is 0 Å². The molecule has 1 N–H and O–H groups in total. The number of ether oxygens (including phenoxy) is 1. The second kappa shape index (κ2) is 8.10. The van der Waals surface area contributed by atoms with E-state index in [9.17, 15) is 19.2 Å². The molecule has 0 bridgehead atoms. The van der Waals surface area contributed by atoms with Gasteiger partial charge in [-0.15, -0.1) is 0 Å². The van der Waals surface area contributed by atoms with E-state index >= 15 is 0 Å². The molecule has 9 heteroatoms. The first-order chi connectivity index (χ1) is 13.7. The zero-order valence-electron chi connectivity index (χ0n) is 16.9. The summed E-state index contributed by atoms with van der Waals surface area (Å²) in [5.41, 5.74) is -0.105. The number of carbonyl (C=O) groups is 4. The summed E-state index contributed by atoms with van der Waals surface area (Å²) in [6.07, 6.45) is -0.512. The minimum Gasteiger partial charge on any atom is -0.444 e. The topological polar surface area (TPSA) is 99.3 Å². The number of nitrogens with one attached hydrogen (secondary N) is 1. The average molecular weight is 402 g/mol. The number of anilines is 1. The number of benzene rings is 1. The molecule has 2 aliphatic heterocycles. The van der Waals surface area contributed by atoms with E-state index in [4.69, 9.17) is 4.74 Å². The van der Waals surface area contributed by atoms with Crippen LogP contribution in [0.3, 0.4) is 0 Å². The number of imide groups is 1. The summed E-state index contributed by atoms with van der Waals surface area (Å²) in [5.74, 6) is -0.677. The van der Waals surface area contributed by atoms with Gasteiger partial charge in [0.25, 0.3) is 5.91 Å². The van der Waals surface area contributed by atoms with E-state index in [1.807, 2.05) is 0 Å². The van der Waals surface area contributed by atoms with Crippen molar-refractivity contribution < 1.29 is 23.9 Å². The number of para-hydroxylation sites is 1. The van der Waals surface area contributed by atoms with Gasteiger partial charge >= 0.3 is 12.1 Å². The van der Waals surface area contributed by atoms with E-state index in [2.05, 4.69) is 5.32 Å². The first-order valence-electron chi connectivity index (χ1n) is 9.61. The molecule has 9 nitrogen and oxygen atoms in total. The lowest BCUT2D eigenvalue weighted by Gasteiger charge is -2.35. The Morgan fingerprint density at radius 3 is 2.21 bits per heavy atom. The van der Waals surface area contributed by atoms with Crippen LogP contribution in [0.2, 0.25) is 0 Å². The molecule has 0 unspecified atom stereocenters. The van der Waals surface area contributed by atoms with Gasteiger partial charge in [-0.05, 0) is 32.9 Å². The molecule has 156 valence electrons. The lowest BCUT2D eigenvalue weighted by atomic mass is 10.1. The molecule has 3 rings (SSSR count). The second-order valence-corrected chi connectivity index (χ2v) is 8.06. The molecule has 0 aliphatic carbocycles. The van der Waals surface area contributed by atoms with Crippen molar-refractivity contribution in [3.8, 4) is 0 Å². The molecular formula is C20H26N4O5. The number of nitrogens with zero attached hydrogens (tertiary/aromatic N) is 3. The van der Waals surface area contributed by atoms with Crippen LogP contribution in [0.5, 0.6) is 0 Å². The lowest BCUT2D eigenvalue weighted by Crippen LogP contribution is -2.52. The standard InChI is InChI=1S/C20H26N4O5/c1-20(2,3)29-19(28)23-11-9-22(10-12-23)16(25)13-15-17(26)24(18(27)21-15)14-7-5-4-6-8-14/h4-8,15H,9-13H2,1-3H3,(H,21,27)/t15-/m0/s1. The smallest absolute Gasteiger partial charge is 0.410 e. The first-order valence-corrected chi connectivity index (χ1v) is 9.61. The van der Waals surface area contributed by atoms with Gasteiger partial charge in [-0.2, -0.15) is 0 Å². The lowest BCUT2D eigenvalue weighted by molar-refractivity contribution is -0.135. The third-order valence-corrected chi connectivity index (χ3v) is 4.70. The van der Waals surface area contributed by atoms with Crippen LogP contribution < -0.4 is 10.2 Å². The van der Waals surface area contributed by atoms with Crippen molar-refractivity contribution >= 4 is 29.6 Å². The number of hydrogen-bond donors (Lipinski definition) is 1. The Kier molecular flexibility index (Phi) is 5.76. The van der Waals surface area contributed by atoms with Gasteiger partial charge in [-0.3, -0.25) is 9.59 Å². The second-order valence-electron chi connectivity index (χ2n) is 8.06. The van der Waals surface area contributed by atoms with E-state index in [1.165, 1.54) is 0 Å². The number of amides is 5. The highest BCUT2D eigenvalue weighted by Crippen LogP contribution is 2.21. The number of rotatable bonds is 3. The molecule has 1 aromatic rings. The van der Waals surface area contributed by atoms with Crippen molar-refractivity contribution in [3.05, 3.63) is 30.3 Å². The predicted molar refractivity (Wildman–Crippen MR) is 105 cm³/mol. The molecule has 0 aromatic heterocycles. The normalized spacial score (nSPS) is 20.0. The van der Waals surface area contributed by atoms with Gasteiger partial charge in [0.1, 0.15) is 11.6 Å². The average Bonchev–Trinajstić information content (AvgIpc) is 2.94. The Labute approximate surface area is 169 Å². The van der Waals surface area contributed by atoms with Crippen LogP contribution in [0.4, 0.5) is 15.3 Å². The minimum absolute atomic E-state index is 0.111. The van der Waals surface area contributed by atoms with Crippen LogP contribution in [0.1, 0.15) is 27.2 Å². The predicted octanol–water partition coefficient (Wildman–Crippen LogP) is 1.58. The largest absolute Gasteiger partial charge is 0.444 e. The fourth-order valence-corrected chi connectivity index (χ4v) is 3.26. The van der Waals surface area contributed by atoms with Crippen molar-refractivity contribution in [3.63, 3.8) is 0 Å². The van der Waals surface area contributed by atoms with Gasteiger partial charge < -0.3 is 19.9 Å². The number of urea groups is 1. The Morgan fingerprint density at radius 2 is 1.62 bits per heavy atom. The monoisotopic (exact) mass is 402 g/mol. The molecule has 2 heterocycles. The molecule has 2 fully saturated rings. The first kappa shape index (κ1) is 20.6. The van der Waals surface area contributed by atoms with Gasteiger partial charge in [0, 0.05) is 26.2 Å². The molecule has 0 radical (unpaired) electrons. The zero-order chi connectivity index (χ0) is 21.2. The Morgan fingerprint density at radius 1 is 1.03 bits per heavy atom. The highest BCUT2D eigenvalue weighted by molar-refractivity contribution is 6.22. The van der Waals surface area contributed by atoms with E-state index in [0.717, 1.165) is 4.90 Å². The summed E-state index contributed by atoms with van der Waals surface area (Å²) in [7, 11) is 0. The molecule has 2 aliphatic rings. The number of piperazine rings is 1. The van der Waals surface area contributed by atoms with Crippen LogP contribution in [0.25, 0.3) is 0 Å². The van der Waals surface area contributed by atoms with E-state index in [1.54, 1.807) is 60.9 Å². The van der Waals surface area contributed by atoms with Crippen molar-refractivity contribution in [2.24, 2.45) is 0 Å². The van der Waals surface area contributed by atoms with E-state index in [0.29, 0.717) is 31.9 Å². The summed E-state index contributed by atoms with van der Waals surface area (Å²) in [5, 5.41) is 2.58. The van der Waals surface area contributed by atoms with E-state index in [-0.39, 0.29) is 12.3 Å². The van der Waals surface area contributed by atoms with Gasteiger partial charge in [0.15, 0.2) is 0 Å². The van der Waals surface area contributed by atoms with Gasteiger partial charge in [-0.1, -0.05) is 18.2 Å². The van der Waals surface area contributed by atoms with Crippen LogP contribution in [0, 0.1) is 0 Å². The summed E-state index contributed by atoms with van der Waals surface area (Å²) >= 11 is 0. The highest BCUT2D eigenvalue weighted by atomic mass is 16.6. The summed E-state index contributed by atoms with van der Waals surface area (Å²) in [6.45, 7) is 6.84. The maximum atomic E-state index is 12.6. The van der Waals surface area contributed by atoms with Crippen molar-refractivity contribution in [2.75, 3.05) is 31.1 Å². The number of carbonyl (C=O) groups excluding carboxylic acids is 4. The molecule has 2 saturated heterocycles. The fourth-order valence-electron chi connectivity index (χ4n) is 3.26. The quantitative estimate of drug-likeness (QED) is 0.774. The Balaban J connectivity index is 1.53. The molecule has 1 atom stereocenters. The third-order valence-electron chi connectivity index (χ3n) is 4.70. The van der Waals surface area contributed by atoms with Crippen molar-refractivity contribution in [2.45, 2.75) is 38.8 Å². The molecular weight excluding hydrogens is 376 g/mol. The molecule has 0 spiro atoms. The van der Waals surface area contributed by atoms with Crippen LogP contribution in [-0.2, 0) is 14.3 Å². The minimum atomic E-state index is -0.890. The van der Waals surface area contributed by atoms with Gasteiger partial charge in [-0.25, -0.2) is 14.5 Å². The Bertz CT molecular complexity index is 797. The fraction of sp³-hybridized carbons (Fsp3) is 0.500. The van der Waals surface area contributed by atoms with Gasteiger partial charge in [0.2, 0.25) is 5.91 Å². The maximum Gasteiger partial charge on any atom is 0.410 e. The summed E-state index contributed by atoms with van der Waals surface area (Å²) in [4.78, 5) is 53.8. The summed E-state index contributed by atoms with van der Waals surface area (Å²) < 4.78 is 5.35. The number of hydrogen-bond acceptors (Lipinski definition) is 5. The molecule has 5 amide bonds. The van der Waals surface area contributed by atoms with Crippen LogP contribution in [0.15, 0.2) is 30.3 Å². The molecule has 1 aromatic carbocycles. The molecule has 0 saturated carbocycles. The van der Waals surface area contributed by atoms with E-state index < -0.39 is 29.7 Å². The Hall–Kier alpha value is -3.10. The molecule has 29 heavy (non-hydrogen) atoms. The van der Waals surface area contributed by atoms with Crippen LogP contribution >= 0.6 is 0 Å².